The van der Waals surface area contributed by atoms with Crippen LogP contribution in [0.15, 0.2) is 33.9 Å². The number of anilines is 1. The van der Waals surface area contributed by atoms with Gasteiger partial charge >= 0.3 is 0 Å². The van der Waals surface area contributed by atoms with Crippen LogP contribution in [-0.4, -0.2) is 13.5 Å². The van der Waals surface area contributed by atoms with Crippen LogP contribution in [0.3, 0.4) is 0 Å². The summed E-state index contributed by atoms with van der Waals surface area (Å²) < 4.78 is 39.2. The van der Waals surface area contributed by atoms with E-state index in [4.69, 9.17) is 16.7 Å². The topological polar surface area (TPSA) is 66.4 Å². The van der Waals surface area contributed by atoms with Gasteiger partial charge in [0.15, 0.2) is 5.82 Å². The molecule has 0 radical (unpaired) electrons. The number of rotatable bonds is 3. The average molecular weight is 308 g/mol. The molecule has 0 aliphatic rings. The fourth-order valence-electron chi connectivity index (χ4n) is 1.22. The second-order valence-corrected chi connectivity index (χ2v) is 6.22. The summed E-state index contributed by atoms with van der Waals surface area (Å²) in [6, 6.07) is 3.15. The number of aromatic hydroxyl groups is 1. The van der Waals surface area contributed by atoms with E-state index in [0.29, 0.717) is 0 Å². The number of hydrogen-bond donors (Lipinski definition) is 2. The maximum atomic E-state index is 13.5. The third kappa shape index (κ3) is 2.58. The Balaban J connectivity index is 2.39. The highest BCUT2D eigenvalue weighted by Gasteiger charge is 2.17. The lowest BCUT2D eigenvalue weighted by Gasteiger charge is -2.08. The molecule has 1 aromatic heterocycles. The van der Waals surface area contributed by atoms with Gasteiger partial charge in [0.1, 0.15) is 5.75 Å². The van der Waals surface area contributed by atoms with Gasteiger partial charge in [-0.3, -0.25) is 4.72 Å². The standard InChI is InChI=1S/C10H7ClFNO3S2/c11-7-3-9(8(12)4-10(7)14)13-18(15,16)6-1-2-17-5-6/h1-5,13-14H. The molecule has 0 bridgehead atoms. The average Bonchev–Trinajstić information content (AvgIpc) is 2.79. The summed E-state index contributed by atoms with van der Waals surface area (Å²) in [6.45, 7) is 0. The lowest BCUT2D eigenvalue weighted by Crippen LogP contribution is -2.13. The van der Waals surface area contributed by atoms with Crippen LogP contribution in [-0.2, 0) is 10.0 Å². The molecule has 96 valence electrons. The number of hydrogen-bond acceptors (Lipinski definition) is 4. The lowest BCUT2D eigenvalue weighted by molar-refractivity contribution is 0.470. The molecule has 0 aliphatic carbocycles. The van der Waals surface area contributed by atoms with Crippen molar-refractivity contribution in [2.75, 3.05) is 4.72 Å². The number of halogens is 2. The van der Waals surface area contributed by atoms with Crippen LogP contribution in [0.25, 0.3) is 0 Å². The molecule has 1 heterocycles. The van der Waals surface area contributed by atoms with Crippen LogP contribution >= 0.6 is 22.9 Å². The molecule has 0 saturated heterocycles. The first kappa shape index (κ1) is 13.1. The van der Waals surface area contributed by atoms with Gasteiger partial charge in [-0.2, -0.15) is 11.3 Å². The molecule has 0 unspecified atom stereocenters. The van der Waals surface area contributed by atoms with Crippen molar-refractivity contribution in [3.05, 3.63) is 39.8 Å². The highest BCUT2D eigenvalue weighted by molar-refractivity contribution is 7.92. The van der Waals surface area contributed by atoms with E-state index in [0.717, 1.165) is 12.1 Å². The Hall–Kier alpha value is -1.31. The van der Waals surface area contributed by atoms with Gasteiger partial charge in [0.2, 0.25) is 0 Å². The van der Waals surface area contributed by atoms with Gasteiger partial charge in [0.25, 0.3) is 10.0 Å². The summed E-state index contributed by atoms with van der Waals surface area (Å²) in [6.07, 6.45) is 0. The Morgan fingerprint density at radius 2 is 2.11 bits per heavy atom. The monoisotopic (exact) mass is 307 g/mol. The minimum Gasteiger partial charge on any atom is -0.506 e. The zero-order valence-electron chi connectivity index (χ0n) is 8.72. The molecule has 4 nitrogen and oxygen atoms in total. The summed E-state index contributed by atoms with van der Waals surface area (Å²) in [5, 5.41) is 12.0. The quantitative estimate of drug-likeness (QED) is 0.857. The molecule has 2 N–H and O–H groups in total. The number of sulfonamides is 1. The lowest BCUT2D eigenvalue weighted by atomic mass is 10.3. The highest BCUT2D eigenvalue weighted by atomic mass is 35.5. The molecule has 8 heteroatoms. The van der Waals surface area contributed by atoms with Gasteiger partial charge in [0.05, 0.1) is 15.6 Å². The molecule has 0 atom stereocenters. The van der Waals surface area contributed by atoms with Crippen molar-refractivity contribution in [1.29, 1.82) is 0 Å². The molecule has 0 aliphatic heterocycles. The minimum absolute atomic E-state index is 0.0381. The fraction of sp³-hybridized carbons (Fsp3) is 0. The highest BCUT2D eigenvalue weighted by Crippen LogP contribution is 2.30. The van der Waals surface area contributed by atoms with Gasteiger partial charge in [-0.15, -0.1) is 0 Å². The summed E-state index contributed by atoms with van der Waals surface area (Å²) >= 11 is 6.80. The second kappa shape index (κ2) is 4.75. The molecular weight excluding hydrogens is 301 g/mol. The zero-order valence-corrected chi connectivity index (χ0v) is 11.1. The van der Waals surface area contributed by atoms with Crippen molar-refractivity contribution in [2.45, 2.75) is 4.90 Å². The molecule has 2 aromatic rings. The van der Waals surface area contributed by atoms with E-state index in [1.165, 1.54) is 22.8 Å². The minimum atomic E-state index is -3.84. The van der Waals surface area contributed by atoms with E-state index >= 15 is 0 Å². The fourth-order valence-corrected chi connectivity index (χ4v) is 3.47. The van der Waals surface area contributed by atoms with Crippen LogP contribution in [0.1, 0.15) is 0 Å². The number of phenolic OH excluding ortho intramolecular Hbond substituents is 1. The van der Waals surface area contributed by atoms with Crippen LogP contribution in [0.4, 0.5) is 10.1 Å². The molecule has 0 amide bonds. The smallest absolute Gasteiger partial charge is 0.262 e. The SMILES string of the molecule is O=S(=O)(Nc1cc(Cl)c(O)cc1F)c1ccsc1. The van der Waals surface area contributed by atoms with Gasteiger partial charge in [-0.25, -0.2) is 12.8 Å². The maximum absolute atomic E-state index is 13.5. The first-order valence-electron chi connectivity index (χ1n) is 4.63. The number of nitrogens with one attached hydrogen (secondary N) is 1. The predicted octanol–water partition coefficient (Wildman–Crippen LogP) is 3.05. The maximum Gasteiger partial charge on any atom is 0.262 e. The van der Waals surface area contributed by atoms with Crippen LogP contribution in [0.5, 0.6) is 5.75 Å². The van der Waals surface area contributed by atoms with Crippen molar-refractivity contribution in [3.63, 3.8) is 0 Å². The van der Waals surface area contributed by atoms with E-state index in [2.05, 4.69) is 4.72 Å². The van der Waals surface area contributed by atoms with Gasteiger partial charge in [0, 0.05) is 11.4 Å². The number of benzene rings is 1. The third-order valence-electron chi connectivity index (χ3n) is 2.09. The molecule has 0 saturated carbocycles. The predicted molar refractivity (Wildman–Crippen MR) is 68.2 cm³/mol. The first-order chi connectivity index (χ1) is 8.40. The van der Waals surface area contributed by atoms with Crippen molar-refractivity contribution in [2.24, 2.45) is 0 Å². The Bertz CT molecular complexity index is 671. The Kier molecular flexibility index (Phi) is 3.47. The normalized spacial score (nSPS) is 11.4. The zero-order chi connectivity index (χ0) is 13.3. The van der Waals surface area contributed by atoms with E-state index < -0.39 is 21.6 Å². The van der Waals surface area contributed by atoms with E-state index in [1.807, 2.05) is 0 Å². The Morgan fingerprint density at radius 1 is 1.39 bits per heavy atom. The van der Waals surface area contributed by atoms with Crippen molar-refractivity contribution >= 4 is 38.6 Å². The van der Waals surface area contributed by atoms with Crippen LogP contribution < -0.4 is 4.72 Å². The summed E-state index contributed by atoms with van der Waals surface area (Å²) in [5.74, 6) is -1.36. The molecule has 18 heavy (non-hydrogen) atoms. The number of thiophene rings is 1. The van der Waals surface area contributed by atoms with E-state index in [-0.39, 0.29) is 15.6 Å². The first-order valence-corrected chi connectivity index (χ1v) is 7.43. The van der Waals surface area contributed by atoms with Gasteiger partial charge in [-0.05, 0) is 17.5 Å². The molecule has 2 rings (SSSR count). The summed E-state index contributed by atoms with van der Waals surface area (Å²) in [7, 11) is -3.84. The van der Waals surface area contributed by atoms with Gasteiger partial charge in [-0.1, -0.05) is 11.6 Å². The van der Waals surface area contributed by atoms with Crippen LogP contribution in [0.2, 0.25) is 5.02 Å². The van der Waals surface area contributed by atoms with Gasteiger partial charge < -0.3 is 5.11 Å². The largest absolute Gasteiger partial charge is 0.506 e. The van der Waals surface area contributed by atoms with E-state index in [1.54, 1.807) is 5.38 Å². The number of phenols is 1. The molecule has 1 aromatic carbocycles. The molecule has 0 fully saturated rings. The van der Waals surface area contributed by atoms with Crippen molar-refractivity contribution in [1.82, 2.24) is 0 Å². The third-order valence-corrected chi connectivity index (χ3v) is 4.58. The second-order valence-electron chi connectivity index (χ2n) is 3.35. The van der Waals surface area contributed by atoms with Crippen molar-refractivity contribution < 1.29 is 17.9 Å². The van der Waals surface area contributed by atoms with E-state index in [9.17, 15) is 12.8 Å². The summed E-state index contributed by atoms with van der Waals surface area (Å²) in [4.78, 5) is 0.0381. The molecule has 0 spiro atoms. The molecular formula is C10H7ClFNO3S2. The Morgan fingerprint density at radius 3 is 2.72 bits per heavy atom. The van der Waals surface area contributed by atoms with Crippen molar-refractivity contribution in [3.8, 4) is 5.75 Å². The Labute approximate surface area is 112 Å². The van der Waals surface area contributed by atoms with Crippen LogP contribution in [0, 0.1) is 5.82 Å². The summed E-state index contributed by atoms with van der Waals surface area (Å²) in [5.41, 5.74) is -0.316.